The van der Waals surface area contributed by atoms with E-state index in [1.165, 1.54) is 7.05 Å². The molecule has 0 heterocycles. The molecule has 0 aromatic rings. The number of hydrogen-bond donors (Lipinski definition) is 1. The fraction of sp³-hybridized carbons (Fsp3) is 0.778. The minimum absolute atomic E-state index is 0.0635. The van der Waals surface area contributed by atoms with E-state index in [0.717, 1.165) is 4.31 Å². The number of carbonyl (C=O) groups is 2. The van der Waals surface area contributed by atoms with Crippen LogP contribution in [0.15, 0.2) is 0 Å². The average Bonchev–Trinajstić information content (AvgIpc) is 2.16. The minimum atomic E-state index is -3.71. The molecule has 0 bridgehead atoms. The highest BCUT2D eigenvalue weighted by molar-refractivity contribution is 7.89. The van der Waals surface area contributed by atoms with Crippen molar-refractivity contribution in [1.29, 1.82) is 0 Å². The largest absolute Gasteiger partial charge is 0.481 e. The van der Waals surface area contributed by atoms with Gasteiger partial charge in [0.1, 0.15) is 0 Å². The summed E-state index contributed by atoms with van der Waals surface area (Å²) in [5.74, 6) is -2.51. The van der Waals surface area contributed by atoms with Crippen molar-refractivity contribution in [2.75, 3.05) is 26.0 Å². The van der Waals surface area contributed by atoms with Gasteiger partial charge in [-0.2, -0.15) is 0 Å². The molecule has 0 spiro atoms. The van der Waals surface area contributed by atoms with Gasteiger partial charge in [0.2, 0.25) is 10.0 Å². The first-order valence-electron chi connectivity index (χ1n) is 5.11. The number of hydrogen-bond acceptors (Lipinski definition) is 5. The molecule has 0 amide bonds. The Labute approximate surface area is 100 Å². The van der Waals surface area contributed by atoms with E-state index in [-0.39, 0.29) is 26.0 Å². The Balaban J connectivity index is 4.20. The van der Waals surface area contributed by atoms with Crippen LogP contribution in [-0.4, -0.2) is 55.7 Å². The van der Waals surface area contributed by atoms with Crippen molar-refractivity contribution in [3.8, 4) is 0 Å². The SMILES string of the molecule is CCOC(=O)CS(=O)(=O)N(C)CCCC(=O)O. The Bertz CT molecular complexity index is 364. The molecule has 0 radical (unpaired) electrons. The van der Waals surface area contributed by atoms with Crippen molar-refractivity contribution < 1.29 is 27.9 Å². The predicted molar refractivity (Wildman–Crippen MR) is 59.9 cm³/mol. The lowest BCUT2D eigenvalue weighted by molar-refractivity contribution is -0.140. The maximum atomic E-state index is 11.6. The molecule has 0 rings (SSSR count). The number of carboxylic acids is 1. The molecule has 0 aromatic carbocycles. The predicted octanol–water partition coefficient (Wildman–Crippen LogP) is -0.324. The van der Waals surface area contributed by atoms with Crippen LogP contribution in [0.3, 0.4) is 0 Å². The standard InChI is InChI=1S/C9H17NO6S/c1-3-16-9(13)7-17(14,15)10(2)6-4-5-8(11)12/h3-7H2,1-2H3,(H,11,12). The zero-order valence-corrected chi connectivity index (χ0v) is 10.7. The van der Waals surface area contributed by atoms with Gasteiger partial charge in [-0.25, -0.2) is 12.7 Å². The third kappa shape index (κ3) is 6.90. The maximum Gasteiger partial charge on any atom is 0.322 e. The second-order valence-electron chi connectivity index (χ2n) is 3.38. The highest BCUT2D eigenvalue weighted by Crippen LogP contribution is 2.02. The van der Waals surface area contributed by atoms with Gasteiger partial charge in [0.05, 0.1) is 6.61 Å². The number of esters is 1. The molecule has 0 unspecified atom stereocenters. The lowest BCUT2D eigenvalue weighted by Crippen LogP contribution is -2.33. The number of carbonyl (C=O) groups excluding carboxylic acids is 1. The molecule has 1 N–H and O–H groups in total. The summed E-state index contributed by atoms with van der Waals surface area (Å²) in [6.07, 6.45) is 0.0904. The second-order valence-corrected chi connectivity index (χ2v) is 5.46. The molecular weight excluding hydrogens is 250 g/mol. The number of ether oxygens (including phenoxy) is 1. The van der Waals surface area contributed by atoms with E-state index in [9.17, 15) is 18.0 Å². The van der Waals surface area contributed by atoms with E-state index in [2.05, 4.69) is 4.74 Å². The summed E-state index contributed by atoms with van der Waals surface area (Å²) >= 11 is 0. The average molecular weight is 267 g/mol. The van der Waals surface area contributed by atoms with Crippen molar-refractivity contribution in [2.24, 2.45) is 0 Å². The normalized spacial score (nSPS) is 11.5. The van der Waals surface area contributed by atoms with E-state index in [0.29, 0.717) is 0 Å². The summed E-state index contributed by atoms with van der Waals surface area (Å²) in [5, 5.41) is 8.40. The van der Waals surface area contributed by atoms with Crippen molar-refractivity contribution in [3.05, 3.63) is 0 Å². The summed E-state index contributed by atoms with van der Waals surface area (Å²) in [6, 6.07) is 0. The van der Waals surface area contributed by atoms with Gasteiger partial charge in [-0.3, -0.25) is 9.59 Å². The Morgan fingerprint density at radius 1 is 1.35 bits per heavy atom. The van der Waals surface area contributed by atoms with Gasteiger partial charge in [-0.15, -0.1) is 0 Å². The summed E-state index contributed by atoms with van der Waals surface area (Å²) in [4.78, 5) is 21.3. The summed E-state index contributed by atoms with van der Waals surface area (Å²) < 4.78 is 28.6. The van der Waals surface area contributed by atoms with Crippen LogP contribution >= 0.6 is 0 Å². The van der Waals surface area contributed by atoms with E-state index < -0.39 is 27.7 Å². The monoisotopic (exact) mass is 267 g/mol. The van der Waals surface area contributed by atoms with Crippen molar-refractivity contribution in [3.63, 3.8) is 0 Å². The van der Waals surface area contributed by atoms with Crippen molar-refractivity contribution in [1.82, 2.24) is 4.31 Å². The summed E-state index contributed by atoms with van der Waals surface area (Å²) in [5.41, 5.74) is 0. The fourth-order valence-corrected chi connectivity index (χ4v) is 2.06. The molecule has 17 heavy (non-hydrogen) atoms. The first-order chi connectivity index (χ1) is 7.79. The Morgan fingerprint density at radius 2 is 1.94 bits per heavy atom. The van der Waals surface area contributed by atoms with E-state index in [1.54, 1.807) is 6.92 Å². The lowest BCUT2D eigenvalue weighted by atomic mass is 10.3. The summed E-state index contributed by atoms with van der Waals surface area (Å²) in [6.45, 7) is 1.77. The highest BCUT2D eigenvalue weighted by Gasteiger charge is 2.22. The number of carboxylic acid groups (broad SMARTS) is 1. The molecule has 0 saturated heterocycles. The van der Waals surface area contributed by atoms with Crippen LogP contribution in [0.2, 0.25) is 0 Å². The van der Waals surface area contributed by atoms with E-state index in [4.69, 9.17) is 5.11 Å². The van der Waals surface area contributed by atoms with Gasteiger partial charge in [0.25, 0.3) is 0 Å². The van der Waals surface area contributed by atoms with E-state index >= 15 is 0 Å². The van der Waals surface area contributed by atoms with Crippen LogP contribution in [0.5, 0.6) is 0 Å². The molecule has 0 atom stereocenters. The molecule has 0 aliphatic carbocycles. The third-order valence-electron chi connectivity index (χ3n) is 1.94. The molecule has 100 valence electrons. The van der Waals surface area contributed by atoms with Crippen LogP contribution in [0.4, 0.5) is 0 Å². The smallest absolute Gasteiger partial charge is 0.322 e. The number of sulfonamides is 1. The van der Waals surface area contributed by atoms with E-state index in [1.807, 2.05) is 0 Å². The van der Waals surface area contributed by atoms with Crippen molar-refractivity contribution in [2.45, 2.75) is 19.8 Å². The molecule has 0 fully saturated rings. The van der Waals surface area contributed by atoms with Gasteiger partial charge in [-0.1, -0.05) is 0 Å². The van der Waals surface area contributed by atoms with Gasteiger partial charge in [-0.05, 0) is 13.3 Å². The third-order valence-corrected chi connectivity index (χ3v) is 3.68. The first kappa shape index (κ1) is 15.9. The van der Waals surface area contributed by atoms with Gasteiger partial charge in [0.15, 0.2) is 5.75 Å². The first-order valence-corrected chi connectivity index (χ1v) is 6.72. The Morgan fingerprint density at radius 3 is 2.41 bits per heavy atom. The molecular formula is C9H17NO6S. The van der Waals surface area contributed by atoms with Crippen LogP contribution < -0.4 is 0 Å². The van der Waals surface area contributed by atoms with Gasteiger partial charge in [0, 0.05) is 20.0 Å². The zero-order valence-electron chi connectivity index (χ0n) is 9.88. The van der Waals surface area contributed by atoms with Gasteiger partial charge < -0.3 is 9.84 Å². The molecule has 8 heteroatoms. The van der Waals surface area contributed by atoms with Crippen LogP contribution in [-0.2, 0) is 24.3 Å². The Kier molecular flexibility index (Phi) is 6.74. The quantitative estimate of drug-likeness (QED) is 0.605. The van der Waals surface area contributed by atoms with Crippen LogP contribution in [0.25, 0.3) is 0 Å². The number of nitrogens with zero attached hydrogens (tertiary/aromatic N) is 1. The molecule has 0 saturated carbocycles. The number of aliphatic carboxylic acids is 1. The Hall–Kier alpha value is -1.15. The minimum Gasteiger partial charge on any atom is -0.481 e. The second kappa shape index (κ2) is 7.23. The molecule has 0 aliphatic heterocycles. The zero-order chi connectivity index (χ0) is 13.5. The summed E-state index contributed by atoms with van der Waals surface area (Å²) in [7, 11) is -2.41. The van der Waals surface area contributed by atoms with Crippen LogP contribution in [0, 0.1) is 0 Å². The lowest BCUT2D eigenvalue weighted by Gasteiger charge is -2.15. The molecule has 0 aliphatic rings. The fourth-order valence-electron chi connectivity index (χ4n) is 1.05. The van der Waals surface area contributed by atoms with Crippen molar-refractivity contribution >= 4 is 22.0 Å². The maximum absolute atomic E-state index is 11.6. The van der Waals surface area contributed by atoms with Gasteiger partial charge >= 0.3 is 11.9 Å². The van der Waals surface area contributed by atoms with Crippen LogP contribution in [0.1, 0.15) is 19.8 Å². The highest BCUT2D eigenvalue weighted by atomic mass is 32.2. The topological polar surface area (TPSA) is 101 Å². The number of rotatable bonds is 8. The molecule has 0 aromatic heterocycles. The molecule has 7 nitrogen and oxygen atoms in total.